The SMILES string of the molecule is CC[C@@H](C)NC(=O)[C@@H](Cc1ccccc1)N(Cc1ccc(F)cc1)C(=O)CN(c1cc(C)cc(C)c1)S(=O)(=O)c1ccc(OC)c(OC)c1. The molecule has 2 atom stereocenters. The number of carbonyl (C=O) groups excluding carboxylic acids is 2. The highest BCUT2D eigenvalue weighted by Gasteiger charge is 2.35. The van der Waals surface area contributed by atoms with Crippen LogP contribution >= 0.6 is 0 Å². The second-order valence-corrected chi connectivity index (χ2v) is 13.9. The lowest BCUT2D eigenvalue weighted by atomic mass is 10.0. The number of anilines is 1. The molecule has 0 aliphatic rings. The van der Waals surface area contributed by atoms with E-state index in [0.717, 1.165) is 21.0 Å². The van der Waals surface area contributed by atoms with Gasteiger partial charge >= 0.3 is 0 Å². The normalized spacial score (nSPS) is 12.5. The van der Waals surface area contributed by atoms with Crippen LogP contribution in [0.15, 0.2) is 95.9 Å². The largest absolute Gasteiger partial charge is 0.493 e. The summed E-state index contributed by atoms with van der Waals surface area (Å²) < 4.78 is 54.7. The first-order chi connectivity index (χ1) is 23.4. The van der Waals surface area contributed by atoms with Crippen molar-refractivity contribution in [2.45, 2.75) is 64.1 Å². The van der Waals surface area contributed by atoms with E-state index in [1.807, 2.05) is 64.1 Å². The molecular weight excluding hydrogens is 645 g/mol. The molecule has 0 radical (unpaired) electrons. The van der Waals surface area contributed by atoms with Gasteiger partial charge in [-0.2, -0.15) is 0 Å². The first-order valence-electron chi connectivity index (χ1n) is 16.1. The second kappa shape index (κ2) is 16.5. The number of hydrogen-bond donors (Lipinski definition) is 1. The van der Waals surface area contributed by atoms with Gasteiger partial charge in [-0.3, -0.25) is 13.9 Å². The summed E-state index contributed by atoms with van der Waals surface area (Å²) in [6.45, 7) is 6.82. The molecule has 4 aromatic rings. The summed E-state index contributed by atoms with van der Waals surface area (Å²) in [7, 11) is -1.52. The molecule has 2 amide bonds. The summed E-state index contributed by atoms with van der Waals surface area (Å²) in [5.74, 6) is -0.893. The van der Waals surface area contributed by atoms with E-state index in [4.69, 9.17) is 9.47 Å². The first-order valence-corrected chi connectivity index (χ1v) is 17.5. The quantitative estimate of drug-likeness (QED) is 0.159. The number of hydrogen-bond acceptors (Lipinski definition) is 6. The van der Waals surface area contributed by atoms with Gasteiger partial charge in [0.15, 0.2) is 11.5 Å². The lowest BCUT2D eigenvalue weighted by Crippen LogP contribution is -2.54. The van der Waals surface area contributed by atoms with Crippen molar-refractivity contribution in [3.8, 4) is 11.5 Å². The van der Waals surface area contributed by atoms with Crippen LogP contribution in [0, 0.1) is 19.7 Å². The number of ether oxygens (including phenoxy) is 2. The van der Waals surface area contributed by atoms with E-state index in [-0.39, 0.29) is 41.2 Å². The highest BCUT2D eigenvalue weighted by molar-refractivity contribution is 7.92. The van der Waals surface area contributed by atoms with Gasteiger partial charge in [0.1, 0.15) is 18.4 Å². The summed E-state index contributed by atoms with van der Waals surface area (Å²) >= 11 is 0. The van der Waals surface area contributed by atoms with Crippen LogP contribution in [0.25, 0.3) is 0 Å². The fourth-order valence-electron chi connectivity index (χ4n) is 5.51. The minimum Gasteiger partial charge on any atom is -0.493 e. The van der Waals surface area contributed by atoms with Gasteiger partial charge in [-0.1, -0.05) is 55.5 Å². The summed E-state index contributed by atoms with van der Waals surface area (Å²) in [6, 6.07) is 23.3. The molecule has 0 aliphatic carbocycles. The number of nitrogens with one attached hydrogen (secondary N) is 1. The molecule has 260 valence electrons. The van der Waals surface area contributed by atoms with Crippen LogP contribution in [0.5, 0.6) is 11.5 Å². The molecule has 49 heavy (non-hydrogen) atoms. The van der Waals surface area contributed by atoms with Gasteiger partial charge in [-0.15, -0.1) is 0 Å². The summed E-state index contributed by atoms with van der Waals surface area (Å²) in [5, 5.41) is 3.01. The molecule has 0 aliphatic heterocycles. The lowest BCUT2D eigenvalue weighted by Gasteiger charge is -2.34. The zero-order valence-corrected chi connectivity index (χ0v) is 29.6. The molecule has 0 fully saturated rings. The number of halogens is 1. The van der Waals surface area contributed by atoms with Crippen molar-refractivity contribution in [2.24, 2.45) is 0 Å². The van der Waals surface area contributed by atoms with Gasteiger partial charge in [-0.25, -0.2) is 12.8 Å². The minimum atomic E-state index is -4.38. The van der Waals surface area contributed by atoms with Crippen molar-refractivity contribution >= 4 is 27.5 Å². The maximum atomic E-state index is 14.7. The molecule has 4 aromatic carbocycles. The molecule has 0 saturated heterocycles. The van der Waals surface area contributed by atoms with E-state index < -0.39 is 34.3 Å². The van der Waals surface area contributed by atoms with Crippen LogP contribution in [0.3, 0.4) is 0 Å². The van der Waals surface area contributed by atoms with E-state index in [0.29, 0.717) is 17.7 Å². The summed E-state index contributed by atoms with van der Waals surface area (Å²) in [5.41, 5.74) is 3.27. The zero-order valence-electron chi connectivity index (χ0n) is 28.8. The van der Waals surface area contributed by atoms with E-state index in [1.165, 1.54) is 49.5 Å². The Labute approximate surface area is 288 Å². The molecule has 11 heteroatoms. The van der Waals surface area contributed by atoms with Gasteiger partial charge in [0.05, 0.1) is 24.8 Å². The van der Waals surface area contributed by atoms with Crippen LogP contribution in [0.4, 0.5) is 10.1 Å². The molecule has 0 bridgehead atoms. The Hall–Kier alpha value is -4.90. The standard InChI is InChI=1S/C38H44FN3O6S/c1-7-28(4)40-38(44)34(22-29-11-9-8-10-12-29)41(24-30-13-15-31(39)16-14-30)37(43)25-42(32-20-26(2)19-27(3)21-32)49(45,46)33-17-18-35(47-5)36(23-33)48-6/h8-21,23,28,34H,7,22,24-25H2,1-6H3,(H,40,44)/t28-,34-/m1/s1. The average molecular weight is 690 g/mol. The highest BCUT2D eigenvalue weighted by Crippen LogP contribution is 2.33. The van der Waals surface area contributed by atoms with Crippen LogP contribution < -0.4 is 19.1 Å². The number of benzene rings is 4. The lowest BCUT2D eigenvalue weighted by molar-refractivity contribution is -0.140. The van der Waals surface area contributed by atoms with Crippen LogP contribution in [0.1, 0.15) is 42.5 Å². The van der Waals surface area contributed by atoms with Gasteiger partial charge in [0, 0.05) is 25.1 Å². The smallest absolute Gasteiger partial charge is 0.264 e. The summed E-state index contributed by atoms with van der Waals surface area (Å²) in [4.78, 5) is 29.9. The Bertz CT molecular complexity index is 1830. The molecule has 9 nitrogen and oxygen atoms in total. The number of nitrogens with zero attached hydrogens (tertiary/aromatic N) is 2. The Kier molecular flexibility index (Phi) is 12.4. The number of rotatable bonds is 15. The van der Waals surface area contributed by atoms with Crippen LogP contribution in [-0.2, 0) is 32.6 Å². The fraction of sp³-hybridized carbons (Fsp3) is 0.316. The molecule has 1 N–H and O–H groups in total. The molecular formula is C38H44FN3O6S. The number of carbonyl (C=O) groups is 2. The molecule has 0 spiro atoms. The number of amides is 2. The van der Waals surface area contributed by atoms with Crippen molar-refractivity contribution in [1.29, 1.82) is 0 Å². The maximum Gasteiger partial charge on any atom is 0.264 e. The highest BCUT2D eigenvalue weighted by atomic mass is 32.2. The van der Waals surface area contributed by atoms with Crippen molar-refractivity contribution in [3.05, 3.63) is 119 Å². The topological polar surface area (TPSA) is 105 Å². The maximum absolute atomic E-state index is 14.7. The Morgan fingerprint density at radius 1 is 0.837 bits per heavy atom. The third-order valence-electron chi connectivity index (χ3n) is 8.25. The van der Waals surface area contributed by atoms with E-state index in [1.54, 1.807) is 24.3 Å². The summed E-state index contributed by atoms with van der Waals surface area (Å²) in [6.07, 6.45) is 0.835. The number of methoxy groups -OCH3 is 2. The molecule has 4 rings (SSSR count). The third kappa shape index (κ3) is 9.38. The van der Waals surface area contributed by atoms with Gasteiger partial charge < -0.3 is 19.7 Å². The van der Waals surface area contributed by atoms with Gasteiger partial charge in [0.2, 0.25) is 11.8 Å². The van der Waals surface area contributed by atoms with Crippen molar-refractivity contribution in [2.75, 3.05) is 25.1 Å². The predicted octanol–water partition coefficient (Wildman–Crippen LogP) is 6.21. The predicted molar refractivity (Wildman–Crippen MR) is 189 cm³/mol. The number of aryl methyl sites for hydroxylation is 2. The number of sulfonamides is 1. The molecule has 0 heterocycles. The van der Waals surface area contributed by atoms with Crippen molar-refractivity contribution in [1.82, 2.24) is 10.2 Å². The Morgan fingerprint density at radius 2 is 1.47 bits per heavy atom. The minimum absolute atomic E-state index is 0.0678. The molecule has 0 unspecified atom stereocenters. The van der Waals surface area contributed by atoms with Crippen LogP contribution in [0.2, 0.25) is 0 Å². The zero-order chi connectivity index (χ0) is 35.7. The average Bonchev–Trinajstić information content (AvgIpc) is 3.08. The van der Waals surface area contributed by atoms with Crippen molar-refractivity contribution in [3.63, 3.8) is 0 Å². The van der Waals surface area contributed by atoms with Crippen LogP contribution in [-0.4, -0.2) is 58.0 Å². The third-order valence-corrected chi connectivity index (χ3v) is 10.0. The van der Waals surface area contributed by atoms with E-state index >= 15 is 0 Å². The Balaban J connectivity index is 1.85. The monoisotopic (exact) mass is 689 g/mol. The molecule has 0 saturated carbocycles. The Morgan fingerprint density at radius 3 is 2.06 bits per heavy atom. The van der Waals surface area contributed by atoms with E-state index in [9.17, 15) is 22.4 Å². The first kappa shape index (κ1) is 36.9. The molecule has 0 aromatic heterocycles. The van der Waals surface area contributed by atoms with Gasteiger partial charge in [-0.05, 0) is 85.8 Å². The fourth-order valence-corrected chi connectivity index (χ4v) is 6.92. The van der Waals surface area contributed by atoms with Gasteiger partial charge in [0.25, 0.3) is 10.0 Å². The van der Waals surface area contributed by atoms with E-state index in [2.05, 4.69) is 5.32 Å². The van der Waals surface area contributed by atoms with Crippen molar-refractivity contribution < 1.29 is 31.9 Å². The second-order valence-electron chi connectivity index (χ2n) is 12.0.